The lowest BCUT2D eigenvalue weighted by Gasteiger charge is -2.31. The first-order chi connectivity index (χ1) is 5.75. The second kappa shape index (κ2) is 3.65. The van der Waals surface area contributed by atoms with E-state index in [-0.39, 0.29) is 0 Å². The van der Waals surface area contributed by atoms with Gasteiger partial charge in [0.1, 0.15) is 12.5 Å². The van der Waals surface area contributed by atoms with Crippen LogP contribution in [0.1, 0.15) is 26.7 Å². The summed E-state index contributed by atoms with van der Waals surface area (Å²) in [5.41, 5.74) is 0. The van der Waals surface area contributed by atoms with Gasteiger partial charge in [-0.15, -0.1) is 6.58 Å². The summed E-state index contributed by atoms with van der Waals surface area (Å²) in [7, 11) is 0. The Labute approximate surface area is 73.9 Å². The topological polar surface area (TPSA) is 18.5 Å². The average Bonchev–Trinajstić information content (AvgIpc) is 2.54. The Morgan fingerprint density at radius 2 is 2.08 bits per heavy atom. The van der Waals surface area contributed by atoms with Crippen LogP contribution in [0.2, 0.25) is 0 Å². The Hall–Kier alpha value is -0.920. The third-order valence-electron chi connectivity index (χ3n) is 2.35. The van der Waals surface area contributed by atoms with E-state index < -0.39 is 5.79 Å². The maximum Gasteiger partial charge on any atom is 0.252 e. The van der Waals surface area contributed by atoms with Crippen molar-refractivity contribution < 1.29 is 9.47 Å². The molecule has 2 nitrogen and oxygen atoms in total. The van der Waals surface area contributed by atoms with Crippen molar-refractivity contribution in [3.63, 3.8) is 0 Å². The fourth-order valence-corrected chi connectivity index (χ4v) is 1.49. The van der Waals surface area contributed by atoms with Gasteiger partial charge in [-0.3, -0.25) is 0 Å². The minimum absolute atomic E-state index is 0.343. The van der Waals surface area contributed by atoms with Gasteiger partial charge in [0.15, 0.2) is 0 Å². The highest BCUT2D eigenvalue weighted by Crippen LogP contribution is 2.33. The lowest BCUT2D eigenvalue weighted by molar-refractivity contribution is -0.178. The zero-order valence-corrected chi connectivity index (χ0v) is 7.75. The molecule has 0 aromatic heterocycles. The van der Waals surface area contributed by atoms with Gasteiger partial charge < -0.3 is 9.47 Å². The van der Waals surface area contributed by atoms with E-state index in [0.717, 1.165) is 12.8 Å². The van der Waals surface area contributed by atoms with Gasteiger partial charge in [-0.1, -0.05) is 19.9 Å². The summed E-state index contributed by atoms with van der Waals surface area (Å²) in [4.78, 5) is 0. The first-order valence-corrected chi connectivity index (χ1v) is 4.36. The molecule has 12 heavy (non-hydrogen) atoms. The van der Waals surface area contributed by atoms with Crippen LogP contribution in [0.15, 0.2) is 25.2 Å². The van der Waals surface area contributed by atoms with Crippen LogP contribution in [0.3, 0.4) is 0 Å². The molecule has 0 amide bonds. The second-order valence-electron chi connectivity index (χ2n) is 3.10. The molecule has 1 heterocycles. The van der Waals surface area contributed by atoms with Gasteiger partial charge in [0.25, 0.3) is 5.79 Å². The van der Waals surface area contributed by atoms with Gasteiger partial charge in [-0.2, -0.15) is 0 Å². The van der Waals surface area contributed by atoms with E-state index in [4.69, 9.17) is 9.47 Å². The Morgan fingerprint density at radius 3 is 2.50 bits per heavy atom. The average molecular weight is 168 g/mol. The van der Waals surface area contributed by atoms with E-state index in [0.29, 0.717) is 5.92 Å². The molecule has 0 spiro atoms. The number of allylic oxidation sites excluding steroid dienone is 1. The predicted octanol–water partition coefficient (Wildman–Crippen LogP) is 2.82. The van der Waals surface area contributed by atoms with Crippen molar-refractivity contribution in [3.8, 4) is 0 Å². The van der Waals surface area contributed by atoms with Crippen LogP contribution in [0.4, 0.5) is 0 Å². The van der Waals surface area contributed by atoms with Gasteiger partial charge in [-0.25, -0.2) is 0 Å². The molecule has 2 heteroatoms. The molecule has 0 radical (unpaired) electrons. The first-order valence-electron chi connectivity index (χ1n) is 4.36. The third kappa shape index (κ3) is 1.47. The van der Waals surface area contributed by atoms with E-state index in [1.165, 1.54) is 0 Å². The minimum atomic E-state index is -0.436. The monoisotopic (exact) mass is 168 g/mol. The van der Waals surface area contributed by atoms with Crippen molar-refractivity contribution in [2.45, 2.75) is 32.5 Å². The normalized spacial score (nSPS) is 21.2. The van der Waals surface area contributed by atoms with E-state index in [9.17, 15) is 0 Å². The van der Waals surface area contributed by atoms with Gasteiger partial charge >= 0.3 is 0 Å². The SMILES string of the molecule is C=CCC(C)C1(CC)OC=CO1. The third-order valence-corrected chi connectivity index (χ3v) is 2.35. The summed E-state index contributed by atoms with van der Waals surface area (Å²) in [5.74, 6) is -0.0937. The fraction of sp³-hybridized carbons (Fsp3) is 0.600. The molecule has 0 fully saturated rings. The standard InChI is InChI=1S/C10H16O2/c1-4-6-9(3)10(5-2)11-7-8-12-10/h4,7-9H,1,5-6H2,2-3H3. The largest absolute Gasteiger partial charge is 0.456 e. The van der Waals surface area contributed by atoms with Crippen LogP contribution in [-0.4, -0.2) is 5.79 Å². The van der Waals surface area contributed by atoms with Crippen molar-refractivity contribution in [1.29, 1.82) is 0 Å². The first kappa shape index (κ1) is 9.17. The zero-order valence-electron chi connectivity index (χ0n) is 7.75. The lowest BCUT2D eigenvalue weighted by Crippen LogP contribution is -2.36. The van der Waals surface area contributed by atoms with Crippen molar-refractivity contribution in [3.05, 3.63) is 25.2 Å². The van der Waals surface area contributed by atoms with Crippen LogP contribution in [-0.2, 0) is 9.47 Å². The van der Waals surface area contributed by atoms with Gasteiger partial charge in [0.2, 0.25) is 0 Å². The van der Waals surface area contributed by atoms with Crippen LogP contribution in [0.25, 0.3) is 0 Å². The van der Waals surface area contributed by atoms with Crippen molar-refractivity contribution in [2.75, 3.05) is 0 Å². The number of hydrogen-bond acceptors (Lipinski definition) is 2. The quantitative estimate of drug-likeness (QED) is 0.601. The highest BCUT2D eigenvalue weighted by Gasteiger charge is 2.39. The molecule has 0 saturated carbocycles. The van der Waals surface area contributed by atoms with Crippen molar-refractivity contribution >= 4 is 0 Å². The molecular weight excluding hydrogens is 152 g/mol. The molecule has 1 rings (SSSR count). The number of rotatable bonds is 4. The maximum atomic E-state index is 5.45. The minimum Gasteiger partial charge on any atom is -0.456 e. The smallest absolute Gasteiger partial charge is 0.252 e. The predicted molar refractivity (Wildman–Crippen MR) is 48.3 cm³/mol. The molecule has 0 saturated heterocycles. The Kier molecular flexibility index (Phi) is 2.79. The zero-order chi connectivity index (χ0) is 9.03. The van der Waals surface area contributed by atoms with E-state index in [1.54, 1.807) is 12.5 Å². The maximum absolute atomic E-state index is 5.45. The molecule has 1 unspecified atom stereocenters. The molecular formula is C10H16O2. The molecule has 1 aliphatic heterocycles. The summed E-state index contributed by atoms with van der Waals surface area (Å²) in [6.07, 6.45) is 6.89. The summed E-state index contributed by atoms with van der Waals surface area (Å²) < 4.78 is 10.9. The van der Waals surface area contributed by atoms with Crippen LogP contribution >= 0.6 is 0 Å². The summed E-state index contributed by atoms with van der Waals surface area (Å²) in [5, 5.41) is 0. The molecule has 1 atom stereocenters. The lowest BCUT2D eigenvalue weighted by atomic mass is 9.95. The number of hydrogen-bond donors (Lipinski definition) is 0. The molecule has 0 aromatic carbocycles. The highest BCUT2D eigenvalue weighted by atomic mass is 16.7. The van der Waals surface area contributed by atoms with Crippen LogP contribution in [0.5, 0.6) is 0 Å². The van der Waals surface area contributed by atoms with E-state index >= 15 is 0 Å². The molecule has 1 aliphatic rings. The molecule has 0 aliphatic carbocycles. The fourth-order valence-electron chi connectivity index (χ4n) is 1.49. The second-order valence-corrected chi connectivity index (χ2v) is 3.10. The van der Waals surface area contributed by atoms with Gasteiger partial charge in [0, 0.05) is 12.3 Å². The van der Waals surface area contributed by atoms with E-state index in [1.807, 2.05) is 6.08 Å². The molecule has 0 N–H and O–H groups in total. The summed E-state index contributed by atoms with van der Waals surface area (Å²) in [6.45, 7) is 7.88. The molecule has 0 bridgehead atoms. The Balaban J connectivity index is 2.60. The van der Waals surface area contributed by atoms with Crippen molar-refractivity contribution in [2.24, 2.45) is 5.92 Å². The van der Waals surface area contributed by atoms with Crippen molar-refractivity contribution in [1.82, 2.24) is 0 Å². The van der Waals surface area contributed by atoms with Crippen LogP contribution < -0.4 is 0 Å². The van der Waals surface area contributed by atoms with Gasteiger partial charge in [0.05, 0.1) is 0 Å². The Morgan fingerprint density at radius 1 is 1.50 bits per heavy atom. The summed E-state index contributed by atoms with van der Waals surface area (Å²) >= 11 is 0. The summed E-state index contributed by atoms with van der Waals surface area (Å²) in [6, 6.07) is 0. The van der Waals surface area contributed by atoms with Crippen LogP contribution in [0, 0.1) is 5.92 Å². The number of ether oxygens (including phenoxy) is 2. The molecule has 68 valence electrons. The Bertz CT molecular complexity index is 176. The molecule has 0 aromatic rings. The van der Waals surface area contributed by atoms with E-state index in [2.05, 4.69) is 20.4 Å². The highest BCUT2D eigenvalue weighted by molar-refractivity contribution is 4.89. The van der Waals surface area contributed by atoms with Gasteiger partial charge in [-0.05, 0) is 6.42 Å².